The van der Waals surface area contributed by atoms with Crippen LogP contribution < -0.4 is 0 Å². The van der Waals surface area contributed by atoms with E-state index in [-0.39, 0.29) is 5.97 Å². The zero-order valence-corrected chi connectivity index (χ0v) is 10.2. The number of rotatable bonds is 5. The van der Waals surface area contributed by atoms with Crippen LogP contribution in [-0.4, -0.2) is 40.8 Å². The molecule has 94 valence electrons. The number of H-pyrrole nitrogens is 1. The fourth-order valence-electron chi connectivity index (χ4n) is 2.37. The number of hydrogen-bond acceptors (Lipinski definition) is 4. The molecule has 1 saturated heterocycles. The molecule has 0 aromatic carbocycles. The first-order valence-corrected chi connectivity index (χ1v) is 6.20. The Bertz CT molecular complexity index is 351. The Balaban J connectivity index is 1.85. The Kier molecular flexibility index (Phi) is 4.14. The number of esters is 1. The molecule has 0 spiro atoms. The van der Waals surface area contributed by atoms with Crippen molar-refractivity contribution >= 4 is 5.97 Å². The molecule has 1 aliphatic heterocycles. The topological polar surface area (TPSA) is 58.2 Å². The Morgan fingerprint density at radius 3 is 3.29 bits per heavy atom. The second-order valence-electron chi connectivity index (χ2n) is 4.26. The van der Waals surface area contributed by atoms with E-state index in [2.05, 4.69) is 15.1 Å². The van der Waals surface area contributed by atoms with Gasteiger partial charge in [-0.05, 0) is 32.4 Å². The van der Waals surface area contributed by atoms with Gasteiger partial charge in [0.05, 0.1) is 24.8 Å². The summed E-state index contributed by atoms with van der Waals surface area (Å²) in [5.74, 6) is -0.109. The van der Waals surface area contributed by atoms with E-state index in [1.807, 2.05) is 13.0 Å². The van der Waals surface area contributed by atoms with Crippen LogP contribution in [0.15, 0.2) is 12.3 Å². The first-order valence-electron chi connectivity index (χ1n) is 6.20. The molecular weight excluding hydrogens is 218 g/mol. The fourth-order valence-corrected chi connectivity index (χ4v) is 2.37. The van der Waals surface area contributed by atoms with Crippen LogP contribution >= 0.6 is 0 Å². The van der Waals surface area contributed by atoms with Crippen LogP contribution in [-0.2, 0) is 9.53 Å². The maximum absolute atomic E-state index is 11.3. The van der Waals surface area contributed by atoms with Crippen molar-refractivity contribution in [3.63, 3.8) is 0 Å². The third-order valence-electron chi connectivity index (χ3n) is 3.15. The predicted molar refractivity (Wildman–Crippen MR) is 63.4 cm³/mol. The van der Waals surface area contributed by atoms with Gasteiger partial charge in [-0.1, -0.05) is 0 Å². The molecule has 0 bridgehead atoms. The summed E-state index contributed by atoms with van der Waals surface area (Å²) in [6, 6.07) is 2.39. The van der Waals surface area contributed by atoms with Gasteiger partial charge in [0.15, 0.2) is 0 Å². The highest BCUT2D eigenvalue weighted by Crippen LogP contribution is 2.30. The number of carbonyl (C=O) groups excluding carboxylic acids is 1. The zero-order valence-electron chi connectivity index (χ0n) is 10.2. The number of nitrogens with one attached hydrogen (secondary N) is 1. The number of aromatic nitrogens is 2. The van der Waals surface area contributed by atoms with Crippen LogP contribution in [0.25, 0.3) is 0 Å². The molecule has 5 nitrogen and oxygen atoms in total. The highest BCUT2D eigenvalue weighted by molar-refractivity contribution is 5.69. The van der Waals surface area contributed by atoms with Crippen LogP contribution in [0.4, 0.5) is 0 Å². The van der Waals surface area contributed by atoms with Crippen molar-refractivity contribution in [1.29, 1.82) is 0 Å². The normalized spacial score (nSPS) is 20.6. The van der Waals surface area contributed by atoms with E-state index in [1.165, 1.54) is 6.42 Å². The molecule has 0 aliphatic carbocycles. The summed E-state index contributed by atoms with van der Waals surface area (Å²) in [7, 11) is 0. The summed E-state index contributed by atoms with van der Waals surface area (Å²) >= 11 is 0. The lowest BCUT2D eigenvalue weighted by Gasteiger charge is -2.22. The molecule has 17 heavy (non-hydrogen) atoms. The standard InChI is InChI=1S/C12H19N3O2/c1-2-17-12(16)6-9-15-8-3-4-11(15)10-5-7-13-14-10/h5,7,11H,2-4,6,8-9H2,1H3,(H,13,14)/t11-/m1/s1. The minimum absolute atomic E-state index is 0.109. The average Bonchev–Trinajstić information content (AvgIpc) is 2.97. The van der Waals surface area contributed by atoms with E-state index in [0.29, 0.717) is 19.1 Å². The maximum atomic E-state index is 11.3. The molecule has 1 aliphatic rings. The quantitative estimate of drug-likeness (QED) is 0.788. The van der Waals surface area contributed by atoms with E-state index in [1.54, 1.807) is 6.20 Å². The lowest BCUT2D eigenvalue weighted by Crippen LogP contribution is -2.26. The first kappa shape index (κ1) is 12.1. The smallest absolute Gasteiger partial charge is 0.307 e. The lowest BCUT2D eigenvalue weighted by atomic mass is 10.1. The van der Waals surface area contributed by atoms with Crippen LogP contribution in [0.5, 0.6) is 0 Å². The third kappa shape index (κ3) is 3.06. The second-order valence-corrected chi connectivity index (χ2v) is 4.26. The van der Waals surface area contributed by atoms with Crippen LogP contribution in [0, 0.1) is 0 Å². The molecule has 0 unspecified atom stereocenters. The molecular formula is C12H19N3O2. The van der Waals surface area contributed by atoms with E-state index < -0.39 is 0 Å². The van der Waals surface area contributed by atoms with Gasteiger partial charge >= 0.3 is 5.97 Å². The number of aromatic amines is 1. The molecule has 1 N–H and O–H groups in total. The molecule has 0 saturated carbocycles. The molecule has 2 heterocycles. The van der Waals surface area contributed by atoms with Crippen LogP contribution in [0.2, 0.25) is 0 Å². The summed E-state index contributed by atoms with van der Waals surface area (Å²) in [5.41, 5.74) is 1.14. The summed E-state index contributed by atoms with van der Waals surface area (Å²) in [5, 5.41) is 7.00. The number of likely N-dealkylation sites (tertiary alicyclic amines) is 1. The monoisotopic (exact) mass is 237 g/mol. The van der Waals surface area contributed by atoms with Gasteiger partial charge in [-0.3, -0.25) is 14.8 Å². The lowest BCUT2D eigenvalue weighted by molar-refractivity contribution is -0.143. The third-order valence-corrected chi connectivity index (χ3v) is 3.15. The molecule has 0 radical (unpaired) electrons. The number of ether oxygens (including phenoxy) is 1. The van der Waals surface area contributed by atoms with E-state index in [9.17, 15) is 4.79 Å². The highest BCUT2D eigenvalue weighted by atomic mass is 16.5. The van der Waals surface area contributed by atoms with Crippen molar-refractivity contribution in [2.75, 3.05) is 19.7 Å². The van der Waals surface area contributed by atoms with E-state index in [4.69, 9.17) is 4.74 Å². The van der Waals surface area contributed by atoms with Gasteiger partial charge in [-0.15, -0.1) is 0 Å². The summed E-state index contributed by atoms with van der Waals surface area (Å²) in [6.07, 6.45) is 4.55. The van der Waals surface area contributed by atoms with Gasteiger partial charge in [0.2, 0.25) is 0 Å². The summed E-state index contributed by atoms with van der Waals surface area (Å²) < 4.78 is 4.94. The van der Waals surface area contributed by atoms with Gasteiger partial charge in [-0.25, -0.2) is 0 Å². The van der Waals surface area contributed by atoms with Crippen molar-refractivity contribution in [3.8, 4) is 0 Å². The summed E-state index contributed by atoms with van der Waals surface area (Å²) in [6.45, 7) is 4.11. The van der Waals surface area contributed by atoms with Crippen molar-refractivity contribution in [3.05, 3.63) is 18.0 Å². The average molecular weight is 237 g/mol. The molecule has 1 atom stereocenters. The van der Waals surface area contributed by atoms with Crippen molar-refractivity contribution < 1.29 is 9.53 Å². The Labute approximate surface area is 101 Å². The largest absolute Gasteiger partial charge is 0.466 e. The van der Waals surface area contributed by atoms with E-state index >= 15 is 0 Å². The number of carbonyl (C=O) groups is 1. The van der Waals surface area contributed by atoms with Gasteiger partial charge < -0.3 is 4.74 Å². The zero-order chi connectivity index (χ0) is 12.1. The highest BCUT2D eigenvalue weighted by Gasteiger charge is 2.27. The van der Waals surface area contributed by atoms with Gasteiger partial charge in [-0.2, -0.15) is 5.10 Å². The van der Waals surface area contributed by atoms with Crippen LogP contribution in [0.3, 0.4) is 0 Å². The molecule has 1 aromatic rings. The van der Waals surface area contributed by atoms with Gasteiger partial charge in [0, 0.05) is 12.7 Å². The van der Waals surface area contributed by atoms with Gasteiger partial charge in [0.25, 0.3) is 0 Å². The SMILES string of the molecule is CCOC(=O)CCN1CCC[C@@H]1c1ccn[nH]1. The fraction of sp³-hybridized carbons (Fsp3) is 0.667. The van der Waals surface area contributed by atoms with Crippen LogP contribution in [0.1, 0.15) is 37.9 Å². The maximum Gasteiger partial charge on any atom is 0.307 e. The Morgan fingerprint density at radius 2 is 2.59 bits per heavy atom. The molecule has 2 rings (SSSR count). The number of nitrogens with zero attached hydrogens (tertiary/aromatic N) is 2. The Morgan fingerprint density at radius 1 is 1.71 bits per heavy atom. The summed E-state index contributed by atoms with van der Waals surface area (Å²) in [4.78, 5) is 13.6. The second kappa shape index (κ2) is 5.82. The molecule has 1 fully saturated rings. The van der Waals surface area contributed by atoms with Crippen molar-refractivity contribution in [2.24, 2.45) is 0 Å². The molecule has 5 heteroatoms. The van der Waals surface area contributed by atoms with Gasteiger partial charge in [0.1, 0.15) is 0 Å². The van der Waals surface area contributed by atoms with Crippen molar-refractivity contribution in [1.82, 2.24) is 15.1 Å². The first-order chi connectivity index (χ1) is 8.31. The van der Waals surface area contributed by atoms with E-state index in [0.717, 1.165) is 25.2 Å². The minimum atomic E-state index is -0.109. The molecule has 0 amide bonds. The molecule has 1 aromatic heterocycles. The number of hydrogen-bond donors (Lipinski definition) is 1. The van der Waals surface area contributed by atoms with Crippen molar-refractivity contribution in [2.45, 2.75) is 32.2 Å². The Hall–Kier alpha value is -1.36. The minimum Gasteiger partial charge on any atom is -0.466 e. The predicted octanol–water partition coefficient (Wildman–Crippen LogP) is 1.50.